The Labute approximate surface area is 187 Å². The monoisotopic (exact) mass is 550 g/mol. The minimum absolute atomic E-state index is 0. The fourth-order valence-electron chi connectivity index (χ4n) is 2.11. The molecule has 1 aliphatic rings. The van der Waals surface area contributed by atoms with Gasteiger partial charge in [-0.2, -0.15) is 0 Å². The van der Waals surface area contributed by atoms with Gasteiger partial charge in [-0.1, -0.05) is 11.6 Å². The predicted molar refractivity (Wildman–Crippen MR) is 122 cm³/mol. The Morgan fingerprint density at radius 2 is 2.11 bits per heavy atom. The molecule has 3 N–H and O–H groups in total. The summed E-state index contributed by atoms with van der Waals surface area (Å²) in [6, 6.07) is 3.07. The van der Waals surface area contributed by atoms with Crippen molar-refractivity contribution in [2.24, 2.45) is 10.9 Å². The van der Waals surface area contributed by atoms with Gasteiger partial charge in [0.05, 0.1) is 4.34 Å². The summed E-state index contributed by atoms with van der Waals surface area (Å²) in [4.78, 5) is 4.46. The van der Waals surface area contributed by atoms with Gasteiger partial charge in [-0.15, -0.1) is 35.3 Å². The lowest BCUT2D eigenvalue weighted by atomic mass is 10.4. The Balaban J connectivity index is 0.00000364. The first kappa shape index (κ1) is 24.9. The maximum Gasteiger partial charge on any atom is 0.250 e. The van der Waals surface area contributed by atoms with Crippen LogP contribution in [0.25, 0.3) is 0 Å². The number of nitrogens with one attached hydrogen (secondary N) is 3. The smallest absolute Gasteiger partial charge is 0.250 e. The van der Waals surface area contributed by atoms with Crippen LogP contribution in [0, 0.1) is 5.92 Å². The van der Waals surface area contributed by atoms with E-state index in [1.54, 1.807) is 6.07 Å². The minimum Gasteiger partial charge on any atom is -0.381 e. The van der Waals surface area contributed by atoms with Gasteiger partial charge in [0.2, 0.25) is 10.0 Å². The highest BCUT2D eigenvalue weighted by Gasteiger charge is 2.20. The topological polar surface area (TPSA) is 91.8 Å². The largest absolute Gasteiger partial charge is 0.381 e. The van der Waals surface area contributed by atoms with Gasteiger partial charge < -0.3 is 15.4 Å². The van der Waals surface area contributed by atoms with Gasteiger partial charge in [0.15, 0.2) is 5.96 Å². The summed E-state index contributed by atoms with van der Waals surface area (Å²) in [7, 11) is -3.51. The molecule has 1 aromatic rings. The molecule has 1 heterocycles. The number of aliphatic imine (C=N–C) groups is 1. The van der Waals surface area contributed by atoms with Crippen LogP contribution >= 0.6 is 46.9 Å². The van der Waals surface area contributed by atoms with E-state index in [4.69, 9.17) is 16.3 Å². The van der Waals surface area contributed by atoms with E-state index in [2.05, 4.69) is 20.3 Å². The Bertz CT molecular complexity index is 681. The van der Waals surface area contributed by atoms with Gasteiger partial charge >= 0.3 is 0 Å². The van der Waals surface area contributed by atoms with E-state index in [9.17, 15) is 8.42 Å². The number of rotatable bonds is 12. The highest BCUT2D eigenvalue weighted by Crippen LogP contribution is 2.28. The number of hydrogen-bond donors (Lipinski definition) is 3. The van der Waals surface area contributed by atoms with Crippen molar-refractivity contribution >= 4 is 62.9 Å². The molecule has 0 radical (unpaired) electrons. The molecule has 7 nitrogen and oxygen atoms in total. The van der Waals surface area contributed by atoms with Crippen LogP contribution in [0.3, 0.4) is 0 Å². The van der Waals surface area contributed by atoms with E-state index in [-0.39, 0.29) is 34.7 Å². The molecule has 0 unspecified atom stereocenters. The first-order chi connectivity index (χ1) is 12.5. The summed E-state index contributed by atoms with van der Waals surface area (Å²) in [5.41, 5.74) is 0. The molecule has 1 aromatic heterocycles. The van der Waals surface area contributed by atoms with Crippen LogP contribution in [0.1, 0.15) is 26.2 Å². The molecule has 0 aliphatic heterocycles. The highest BCUT2D eigenvalue weighted by molar-refractivity contribution is 14.0. The molecule has 156 valence electrons. The number of ether oxygens (including phenoxy) is 1. The van der Waals surface area contributed by atoms with Gasteiger partial charge in [0.25, 0.3) is 0 Å². The Morgan fingerprint density at radius 1 is 1.33 bits per heavy atom. The molecule has 0 amide bonds. The lowest BCUT2D eigenvalue weighted by Crippen LogP contribution is -2.41. The summed E-state index contributed by atoms with van der Waals surface area (Å²) in [6.45, 7) is 5.68. The number of halogens is 2. The number of nitrogens with zero attached hydrogens (tertiary/aromatic N) is 1. The van der Waals surface area contributed by atoms with E-state index in [0.717, 1.165) is 43.4 Å². The Hall–Kier alpha value is -0.140. The van der Waals surface area contributed by atoms with Crippen molar-refractivity contribution in [1.29, 1.82) is 0 Å². The summed E-state index contributed by atoms with van der Waals surface area (Å²) >= 11 is 6.82. The standard InChI is InChI=1S/C16H27ClN4O3S2.HI/c1-2-18-16(19-8-3-11-24-12-13-4-5-13)20-9-10-21-26(22,23)15-7-6-14(17)25-15;/h6-7,13,21H,2-5,8-12H2,1H3,(H2,18,19,20);1H. The van der Waals surface area contributed by atoms with E-state index in [1.165, 1.54) is 18.9 Å². The SMILES string of the molecule is CCNC(=NCCCOCC1CC1)NCCNS(=O)(=O)c1ccc(Cl)s1.I. The zero-order valence-electron chi connectivity index (χ0n) is 15.4. The van der Waals surface area contributed by atoms with E-state index in [1.807, 2.05) is 6.92 Å². The highest BCUT2D eigenvalue weighted by atomic mass is 127. The van der Waals surface area contributed by atoms with Gasteiger partial charge in [-0.3, -0.25) is 4.99 Å². The van der Waals surface area contributed by atoms with Crippen LogP contribution in [0.2, 0.25) is 4.34 Å². The van der Waals surface area contributed by atoms with Crippen molar-refractivity contribution in [3.05, 3.63) is 16.5 Å². The van der Waals surface area contributed by atoms with Crippen LogP contribution in [0.5, 0.6) is 0 Å². The number of thiophene rings is 1. The average Bonchev–Trinajstić information content (AvgIpc) is 3.32. The van der Waals surface area contributed by atoms with Crippen molar-refractivity contribution in [2.45, 2.75) is 30.4 Å². The summed E-state index contributed by atoms with van der Waals surface area (Å²) < 4.78 is 33.0. The van der Waals surface area contributed by atoms with Crippen molar-refractivity contribution in [2.75, 3.05) is 39.4 Å². The lowest BCUT2D eigenvalue weighted by molar-refractivity contribution is 0.123. The molecular formula is C16H28ClIN4O3S2. The third-order valence-corrected chi connectivity index (χ3v) is 6.82. The van der Waals surface area contributed by atoms with Crippen molar-refractivity contribution < 1.29 is 13.2 Å². The zero-order valence-corrected chi connectivity index (χ0v) is 20.1. The molecule has 0 saturated heterocycles. The normalized spacial score (nSPS) is 14.7. The van der Waals surface area contributed by atoms with Gasteiger partial charge in [-0.25, -0.2) is 13.1 Å². The van der Waals surface area contributed by atoms with Crippen molar-refractivity contribution in [3.63, 3.8) is 0 Å². The quantitative estimate of drug-likeness (QED) is 0.161. The second-order valence-corrected chi connectivity index (χ2v) is 9.72. The zero-order chi connectivity index (χ0) is 18.8. The first-order valence-corrected chi connectivity index (χ1v) is 11.5. The van der Waals surface area contributed by atoms with Crippen LogP contribution < -0.4 is 15.4 Å². The number of guanidine groups is 1. The Kier molecular flexibility index (Phi) is 12.1. The first-order valence-electron chi connectivity index (χ1n) is 8.86. The molecule has 1 saturated carbocycles. The van der Waals surface area contributed by atoms with Crippen molar-refractivity contribution in [1.82, 2.24) is 15.4 Å². The van der Waals surface area contributed by atoms with E-state index < -0.39 is 10.0 Å². The molecule has 0 atom stereocenters. The molecule has 0 aromatic carbocycles. The molecule has 11 heteroatoms. The maximum atomic E-state index is 12.1. The van der Waals surface area contributed by atoms with Crippen molar-refractivity contribution in [3.8, 4) is 0 Å². The second kappa shape index (κ2) is 13.2. The van der Waals surface area contributed by atoms with Gasteiger partial charge in [-0.05, 0) is 44.2 Å². The molecule has 0 spiro atoms. The lowest BCUT2D eigenvalue weighted by Gasteiger charge is -2.11. The molecule has 1 aliphatic carbocycles. The molecular weight excluding hydrogens is 523 g/mol. The summed E-state index contributed by atoms with van der Waals surface area (Å²) in [5.74, 6) is 1.46. The maximum absolute atomic E-state index is 12.1. The van der Waals surface area contributed by atoms with Crippen LogP contribution in [0.15, 0.2) is 21.3 Å². The summed E-state index contributed by atoms with van der Waals surface area (Å²) in [5, 5.41) is 6.26. The molecule has 0 bridgehead atoms. The van der Waals surface area contributed by atoms with Crippen LogP contribution in [-0.4, -0.2) is 53.8 Å². The molecule has 27 heavy (non-hydrogen) atoms. The molecule has 1 fully saturated rings. The van der Waals surface area contributed by atoms with Crippen LogP contribution in [-0.2, 0) is 14.8 Å². The minimum atomic E-state index is -3.51. The van der Waals surface area contributed by atoms with Gasteiger partial charge in [0.1, 0.15) is 4.21 Å². The molecule has 2 rings (SSSR count). The fourth-order valence-corrected chi connectivity index (χ4v) is 4.67. The second-order valence-electron chi connectivity index (χ2n) is 6.02. The van der Waals surface area contributed by atoms with E-state index >= 15 is 0 Å². The number of sulfonamides is 1. The van der Waals surface area contributed by atoms with E-state index in [0.29, 0.717) is 23.4 Å². The predicted octanol–water partition coefficient (Wildman–Crippen LogP) is 2.67. The third kappa shape index (κ3) is 10.3. The number of hydrogen-bond acceptors (Lipinski definition) is 5. The van der Waals surface area contributed by atoms with Gasteiger partial charge in [0, 0.05) is 39.4 Å². The van der Waals surface area contributed by atoms with Crippen LogP contribution in [0.4, 0.5) is 0 Å². The summed E-state index contributed by atoms with van der Waals surface area (Å²) in [6.07, 6.45) is 3.47. The average molecular weight is 551 g/mol. The fraction of sp³-hybridized carbons (Fsp3) is 0.688. The Morgan fingerprint density at radius 3 is 2.74 bits per heavy atom. The third-order valence-electron chi connectivity index (χ3n) is 3.63.